The third kappa shape index (κ3) is 2.80. The van der Waals surface area contributed by atoms with E-state index in [4.69, 9.17) is 4.74 Å². The van der Waals surface area contributed by atoms with Gasteiger partial charge >= 0.3 is 0 Å². The van der Waals surface area contributed by atoms with Gasteiger partial charge in [-0.3, -0.25) is 9.78 Å². The molecule has 0 radical (unpaired) electrons. The molecule has 2 aromatic rings. The predicted octanol–water partition coefficient (Wildman–Crippen LogP) is 1.07. The van der Waals surface area contributed by atoms with Gasteiger partial charge in [0.1, 0.15) is 6.10 Å². The van der Waals surface area contributed by atoms with Gasteiger partial charge in [-0.15, -0.1) is 0 Å². The average Bonchev–Trinajstić information content (AvgIpc) is 3.00. The Kier molecular flexibility index (Phi) is 4.06. The maximum absolute atomic E-state index is 12.5. The number of pyridine rings is 1. The number of hydrogen-bond acceptors (Lipinski definition) is 5. The lowest BCUT2D eigenvalue weighted by molar-refractivity contribution is -0.0252. The number of aromatic nitrogens is 3. The number of morpholine rings is 1. The summed E-state index contributed by atoms with van der Waals surface area (Å²) in [7, 11) is 3.66. The standard InChI is InChI=1S/C15H19N5O2/c1-16-11-3-4-12(18-9-11)13-10-20(7-8-22-13)15(21)14-17-5-6-19(14)2/h3-6,9,13,16H,7-8,10H2,1-2H3. The highest BCUT2D eigenvalue weighted by Crippen LogP contribution is 2.22. The Morgan fingerprint density at radius 1 is 1.41 bits per heavy atom. The van der Waals surface area contributed by atoms with E-state index >= 15 is 0 Å². The van der Waals surface area contributed by atoms with E-state index in [9.17, 15) is 4.79 Å². The zero-order chi connectivity index (χ0) is 15.5. The van der Waals surface area contributed by atoms with E-state index in [1.165, 1.54) is 0 Å². The van der Waals surface area contributed by atoms with Gasteiger partial charge < -0.3 is 19.5 Å². The van der Waals surface area contributed by atoms with Gasteiger partial charge in [0.2, 0.25) is 0 Å². The highest BCUT2D eigenvalue weighted by Gasteiger charge is 2.28. The minimum absolute atomic E-state index is 0.0763. The molecule has 3 heterocycles. The van der Waals surface area contributed by atoms with Crippen LogP contribution < -0.4 is 5.32 Å². The first-order chi connectivity index (χ1) is 10.7. The van der Waals surface area contributed by atoms with Crippen molar-refractivity contribution in [1.29, 1.82) is 0 Å². The topological polar surface area (TPSA) is 72.3 Å². The molecule has 0 aromatic carbocycles. The van der Waals surface area contributed by atoms with Crippen LogP contribution in [0, 0.1) is 0 Å². The van der Waals surface area contributed by atoms with Crippen molar-refractivity contribution in [3.8, 4) is 0 Å². The SMILES string of the molecule is CNc1ccc(C2CN(C(=O)c3nccn3C)CCO2)nc1. The lowest BCUT2D eigenvalue weighted by atomic mass is 10.2. The van der Waals surface area contributed by atoms with Crippen LogP contribution in [0.25, 0.3) is 0 Å². The molecule has 3 rings (SSSR count). The molecule has 7 heteroatoms. The smallest absolute Gasteiger partial charge is 0.290 e. The molecule has 1 amide bonds. The number of anilines is 1. The summed E-state index contributed by atoms with van der Waals surface area (Å²) in [6.45, 7) is 1.55. The number of imidazole rings is 1. The number of hydrogen-bond donors (Lipinski definition) is 1. The Bertz CT molecular complexity index is 652. The Morgan fingerprint density at radius 2 is 2.27 bits per heavy atom. The van der Waals surface area contributed by atoms with Crippen LogP contribution in [0.3, 0.4) is 0 Å². The van der Waals surface area contributed by atoms with E-state index in [1.807, 2.05) is 26.2 Å². The fraction of sp³-hybridized carbons (Fsp3) is 0.400. The van der Waals surface area contributed by atoms with E-state index in [0.29, 0.717) is 25.5 Å². The number of aryl methyl sites for hydroxylation is 1. The van der Waals surface area contributed by atoms with Crippen LogP contribution in [0.1, 0.15) is 22.4 Å². The molecule has 1 atom stereocenters. The van der Waals surface area contributed by atoms with Gasteiger partial charge in [0.25, 0.3) is 5.91 Å². The molecule has 116 valence electrons. The Labute approximate surface area is 128 Å². The van der Waals surface area contributed by atoms with E-state index in [2.05, 4.69) is 15.3 Å². The summed E-state index contributed by atoms with van der Waals surface area (Å²) < 4.78 is 7.49. The van der Waals surface area contributed by atoms with Crippen LogP contribution in [0.15, 0.2) is 30.7 Å². The second-order valence-electron chi connectivity index (χ2n) is 5.19. The van der Waals surface area contributed by atoms with Crippen LogP contribution in [0.2, 0.25) is 0 Å². The van der Waals surface area contributed by atoms with Crippen molar-refractivity contribution in [3.63, 3.8) is 0 Å². The van der Waals surface area contributed by atoms with Crippen LogP contribution in [0.5, 0.6) is 0 Å². The number of amides is 1. The van der Waals surface area contributed by atoms with Gasteiger partial charge in [0.15, 0.2) is 5.82 Å². The second-order valence-corrected chi connectivity index (χ2v) is 5.19. The molecule has 0 saturated carbocycles. The summed E-state index contributed by atoms with van der Waals surface area (Å²) >= 11 is 0. The van der Waals surface area contributed by atoms with Gasteiger partial charge in [-0.2, -0.15) is 0 Å². The molecule has 0 spiro atoms. The van der Waals surface area contributed by atoms with Crippen LogP contribution >= 0.6 is 0 Å². The summed E-state index contributed by atoms with van der Waals surface area (Å²) in [4.78, 5) is 22.8. The average molecular weight is 301 g/mol. The van der Waals surface area contributed by atoms with E-state index < -0.39 is 0 Å². The zero-order valence-corrected chi connectivity index (χ0v) is 12.7. The first kappa shape index (κ1) is 14.5. The van der Waals surface area contributed by atoms with Crippen molar-refractivity contribution < 1.29 is 9.53 Å². The molecular weight excluding hydrogens is 282 g/mol. The molecule has 1 aliphatic heterocycles. The third-order valence-electron chi connectivity index (χ3n) is 3.77. The quantitative estimate of drug-likeness (QED) is 0.918. The van der Waals surface area contributed by atoms with Crippen molar-refractivity contribution in [3.05, 3.63) is 42.2 Å². The molecule has 2 aromatic heterocycles. The maximum atomic E-state index is 12.5. The first-order valence-corrected chi connectivity index (χ1v) is 7.21. The largest absolute Gasteiger partial charge is 0.387 e. The van der Waals surface area contributed by atoms with E-state index in [-0.39, 0.29) is 12.0 Å². The zero-order valence-electron chi connectivity index (χ0n) is 12.7. The molecule has 1 fully saturated rings. The Balaban J connectivity index is 1.73. The molecule has 1 unspecified atom stereocenters. The summed E-state index contributed by atoms with van der Waals surface area (Å²) in [5.74, 6) is 0.367. The van der Waals surface area contributed by atoms with Crippen molar-refractivity contribution in [2.75, 3.05) is 32.1 Å². The molecule has 1 N–H and O–H groups in total. The third-order valence-corrected chi connectivity index (χ3v) is 3.77. The number of nitrogens with zero attached hydrogens (tertiary/aromatic N) is 4. The van der Waals surface area contributed by atoms with Gasteiger partial charge in [0.05, 0.1) is 30.7 Å². The minimum atomic E-state index is -0.205. The number of ether oxygens (including phenoxy) is 1. The maximum Gasteiger partial charge on any atom is 0.290 e. The normalized spacial score (nSPS) is 18.3. The number of carbonyl (C=O) groups excluding carboxylic acids is 1. The molecule has 0 aliphatic carbocycles. The lowest BCUT2D eigenvalue weighted by Crippen LogP contribution is -2.43. The minimum Gasteiger partial charge on any atom is -0.387 e. The number of rotatable bonds is 3. The molecular formula is C15H19N5O2. The summed E-state index contributed by atoms with van der Waals surface area (Å²) in [5, 5.41) is 3.03. The van der Waals surface area contributed by atoms with Crippen LogP contribution in [-0.4, -0.2) is 52.1 Å². The summed E-state index contributed by atoms with van der Waals surface area (Å²) in [6, 6.07) is 3.87. The van der Waals surface area contributed by atoms with Crippen LogP contribution in [-0.2, 0) is 11.8 Å². The van der Waals surface area contributed by atoms with Gasteiger partial charge in [-0.25, -0.2) is 4.98 Å². The predicted molar refractivity (Wildman–Crippen MR) is 81.6 cm³/mol. The monoisotopic (exact) mass is 301 g/mol. The van der Waals surface area contributed by atoms with Gasteiger partial charge in [-0.1, -0.05) is 0 Å². The summed E-state index contributed by atoms with van der Waals surface area (Å²) in [5.41, 5.74) is 1.77. The summed E-state index contributed by atoms with van der Waals surface area (Å²) in [6.07, 6.45) is 4.95. The number of nitrogens with one attached hydrogen (secondary N) is 1. The highest BCUT2D eigenvalue weighted by atomic mass is 16.5. The van der Waals surface area contributed by atoms with Crippen molar-refractivity contribution in [2.45, 2.75) is 6.10 Å². The fourth-order valence-corrected chi connectivity index (χ4v) is 2.47. The Morgan fingerprint density at radius 3 is 2.91 bits per heavy atom. The fourth-order valence-electron chi connectivity index (χ4n) is 2.47. The van der Waals surface area contributed by atoms with Gasteiger partial charge in [0, 0.05) is 33.0 Å². The molecule has 0 bridgehead atoms. The highest BCUT2D eigenvalue weighted by molar-refractivity contribution is 5.90. The van der Waals surface area contributed by atoms with Crippen molar-refractivity contribution in [2.24, 2.45) is 7.05 Å². The molecule has 1 aliphatic rings. The van der Waals surface area contributed by atoms with Crippen LogP contribution in [0.4, 0.5) is 5.69 Å². The molecule has 22 heavy (non-hydrogen) atoms. The van der Waals surface area contributed by atoms with Crippen molar-refractivity contribution in [1.82, 2.24) is 19.4 Å². The van der Waals surface area contributed by atoms with Crippen molar-refractivity contribution >= 4 is 11.6 Å². The van der Waals surface area contributed by atoms with E-state index in [0.717, 1.165) is 11.4 Å². The van der Waals surface area contributed by atoms with E-state index in [1.54, 1.807) is 28.1 Å². The Hall–Kier alpha value is -2.41. The number of carbonyl (C=O) groups is 1. The second kappa shape index (κ2) is 6.15. The van der Waals surface area contributed by atoms with Gasteiger partial charge in [-0.05, 0) is 12.1 Å². The molecule has 1 saturated heterocycles. The lowest BCUT2D eigenvalue weighted by Gasteiger charge is -2.32. The first-order valence-electron chi connectivity index (χ1n) is 7.21. The molecule has 7 nitrogen and oxygen atoms in total.